The minimum Gasteiger partial charge on any atom is -0.481 e. The van der Waals surface area contributed by atoms with E-state index in [9.17, 15) is 4.79 Å². The SMILES string of the molecule is Cc1cc2nnn(CCCCC(=O)O)c2cc1C. The molecular formula is C13H17N3O2. The molecule has 0 aliphatic heterocycles. The van der Waals surface area contributed by atoms with Crippen molar-refractivity contribution in [3.05, 3.63) is 23.3 Å². The van der Waals surface area contributed by atoms with E-state index in [0.717, 1.165) is 17.5 Å². The number of nitrogens with zero attached hydrogens (tertiary/aromatic N) is 3. The number of aryl methyl sites for hydroxylation is 3. The fourth-order valence-electron chi connectivity index (χ4n) is 1.93. The molecule has 1 aromatic carbocycles. The molecule has 1 aromatic heterocycles. The Balaban J connectivity index is 2.09. The molecule has 0 amide bonds. The Morgan fingerprint density at radius 1 is 1.28 bits per heavy atom. The van der Waals surface area contributed by atoms with Gasteiger partial charge in [-0.2, -0.15) is 0 Å². The number of carbonyl (C=O) groups is 1. The van der Waals surface area contributed by atoms with Crippen molar-refractivity contribution < 1.29 is 9.90 Å². The van der Waals surface area contributed by atoms with Gasteiger partial charge in [0.15, 0.2) is 0 Å². The van der Waals surface area contributed by atoms with Crippen molar-refractivity contribution in [1.82, 2.24) is 15.0 Å². The van der Waals surface area contributed by atoms with Gasteiger partial charge in [-0.15, -0.1) is 5.10 Å². The van der Waals surface area contributed by atoms with Gasteiger partial charge in [-0.3, -0.25) is 4.79 Å². The minimum absolute atomic E-state index is 0.213. The number of hydrogen-bond acceptors (Lipinski definition) is 3. The number of carboxylic acid groups (broad SMARTS) is 1. The van der Waals surface area contributed by atoms with E-state index in [4.69, 9.17) is 5.11 Å². The molecule has 1 heterocycles. The summed E-state index contributed by atoms with van der Waals surface area (Å²) in [5.74, 6) is -0.745. The Hall–Kier alpha value is -1.91. The van der Waals surface area contributed by atoms with E-state index in [0.29, 0.717) is 13.0 Å². The molecule has 0 saturated heterocycles. The molecule has 0 aliphatic rings. The summed E-state index contributed by atoms with van der Waals surface area (Å²) >= 11 is 0. The first-order valence-electron chi connectivity index (χ1n) is 6.10. The Kier molecular flexibility index (Phi) is 3.60. The van der Waals surface area contributed by atoms with Crippen LogP contribution in [0.1, 0.15) is 30.4 Å². The zero-order valence-corrected chi connectivity index (χ0v) is 10.7. The van der Waals surface area contributed by atoms with Crippen LogP contribution in [0.3, 0.4) is 0 Å². The third-order valence-electron chi connectivity index (χ3n) is 3.14. The summed E-state index contributed by atoms with van der Waals surface area (Å²) in [5.41, 5.74) is 4.35. The van der Waals surface area contributed by atoms with Crippen LogP contribution in [0.5, 0.6) is 0 Å². The van der Waals surface area contributed by atoms with E-state index in [1.165, 1.54) is 11.1 Å². The van der Waals surface area contributed by atoms with Crippen molar-refractivity contribution in [1.29, 1.82) is 0 Å². The second kappa shape index (κ2) is 5.16. The lowest BCUT2D eigenvalue weighted by Gasteiger charge is -2.03. The molecule has 0 atom stereocenters. The first-order chi connectivity index (χ1) is 8.58. The summed E-state index contributed by atoms with van der Waals surface area (Å²) < 4.78 is 1.85. The van der Waals surface area contributed by atoms with Crippen molar-refractivity contribution in [2.75, 3.05) is 0 Å². The van der Waals surface area contributed by atoms with Gasteiger partial charge in [0.2, 0.25) is 0 Å². The van der Waals surface area contributed by atoms with E-state index in [1.54, 1.807) is 0 Å². The van der Waals surface area contributed by atoms with Crippen LogP contribution in [0.4, 0.5) is 0 Å². The molecular weight excluding hydrogens is 230 g/mol. The van der Waals surface area contributed by atoms with Crippen LogP contribution in [-0.4, -0.2) is 26.1 Å². The highest BCUT2D eigenvalue weighted by atomic mass is 16.4. The average Bonchev–Trinajstić information content (AvgIpc) is 2.68. The summed E-state index contributed by atoms with van der Waals surface area (Å²) in [5, 5.41) is 16.8. The van der Waals surface area contributed by atoms with Gasteiger partial charge in [-0.25, -0.2) is 4.68 Å². The van der Waals surface area contributed by atoms with Gasteiger partial charge in [0, 0.05) is 13.0 Å². The Labute approximate surface area is 105 Å². The second-order valence-corrected chi connectivity index (χ2v) is 4.59. The summed E-state index contributed by atoms with van der Waals surface area (Å²) in [7, 11) is 0. The predicted octanol–water partition coefficient (Wildman–Crippen LogP) is 2.30. The largest absolute Gasteiger partial charge is 0.481 e. The summed E-state index contributed by atoms with van der Waals surface area (Å²) in [6.07, 6.45) is 1.68. The highest BCUT2D eigenvalue weighted by molar-refractivity contribution is 5.76. The number of aliphatic carboxylic acids is 1. The van der Waals surface area contributed by atoms with Gasteiger partial charge in [0.05, 0.1) is 5.52 Å². The van der Waals surface area contributed by atoms with E-state index < -0.39 is 5.97 Å². The monoisotopic (exact) mass is 247 g/mol. The number of unbranched alkanes of at least 4 members (excludes halogenated alkanes) is 1. The third kappa shape index (κ3) is 2.67. The number of fused-ring (bicyclic) bond motifs is 1. The van der Waals surface area contributed by atoms with Crippen molar-refractivity contribution in [2.24, 2.45) is 0 Å². The number of rotatable bonds is 5. The summed E-state index contributed by atoms with van der Waals surface area (Å²) in [6, 6.07) is 4.12. The van der Waals surface area contributed by atoms with Crippen LogP contribution in [0.2, 0.25) is 0 Å². The van der Waals surface area contributed by atoms with Gasteiger partial charge < -0.3 is 5.11 Å². The second-order valence-electron chi connectivity index (χ2n) is 4.59. The lowest BCUT2D eigenvalue weighted by molar-refractivity contribution is -0.137. The standard InChI is InChI=1S/C13H17N3O2/c1-9-7-11-12(8-10(9)2)16(15-14-11)6-4-3-5-13(17)18/h7-8H,3-6H2,1-2H3,(H,17,18). The maximum atomic E-state index is 10.4. The number of aromatic nitrogens is 3. The molecule has 5 nitrogen and oxygen atoms in total. The van der Waals surface area contributed by atoms with E-state index >= 15 is 0 Å². The number of benzene rings is 1. The van der Waals surface area contributed by atoms with Gasteiger partial charge in [0.25, 0.3) is 0 Å². The van der Waals surface area contributed by atoms with Gasteiger partial charge >= 0.3 is 5.97 Å². The van der Waals surface area contributed by atoms with E-state index in [1.807, 2.05) is 10.7 Å². The molecule has 0 fully saturated rings. The Morgan fingerprint density at radius 2 is 2.00 bits per heavy atom. The molecule has 2 rings (SSSR count). The maximum Gasteiger partial charge on any atom is 0.303 e. The zero-order chi connectivity index (χ0) is 13.1. The fraction of sp³-hybridized carbons (Fsp3) is 0.462. The molecule has 0 spiro atoms. The lowest BCUT2D eigenvalue weighted by atomic mass is 10.1. The lowest BCUT2D eigenvalue weighted by Crippen LogP contribution is -2.02. The van der Waals surface area contributed by atoms with Crippen LogP contribution in [0.25, 0.3) is 11.0 Å². The molecule has 0 aliphatic carbocycles. The fourth-order valence-corrected chi connectivity index (χ4v) is 1.93. The van der Waals surface area contributed by atoms with E-state index in [-0.39, 0.29) is 6.42 Å². The molecule has 0 unspecified atom stereocenters. The quantitative estimate of drug-likeness (QED) is 0.823. The molecule has 0 radical (unpaired) electrons. The van der Waals surface area contributed by atoms with Gasteiger partial charge in [-0.05, 0) is 49.9 Å². The van der Waals surface area contributed by atoms with Crippen LogP contribution < -0.4 is 0 Å². The minimum atomic E-state index is -0.745. The van der Waals surface area contributed by atoms with Crippen LogP contribution >= 0.6 is 0 Å². The molecule has 18 heavy (non-hydrogen) atoms. The number of carboxylic acids is 1. The molecule has 96 valence electrons. The van der Waals surface area contributed by atoms with Crippen molar-refractivity contribution >= 4 is 17.0 Å². The van der Waals surface area contributed by atoms with Crippen LogP contribution in [0.15, 0.2) is 12.1 Å². The van der Waals surface area contributed by atoms with E-state index in [2.05, 4.69) is 30.2 Å². The first-order valence-corrected chi connectivity index (χ1v) is 6.10. The summed E-state index contributed by atoms with van der Waals surface area (Å²) in [6.45, 7) is 4.84. The zero-order valence-electron chi connectivity index (χ0n) is 10.7. The van der Waals surface area contributed by atoms with Crippen LogP contribution in [0, 0.1) is 13.8 Å². The highest BCUT2D eigenvalue weighted by Crippen LogP contribution is 2.17. The van der Waals surface area contributed by atoms with Crippen LogP contribution in [-0.2, 0) is 11.3 Å². The predicted molar refractivity (Wildman–Crippen MR) is 68.5 cm³/mol. The molecule has 0 saturated carbocycles. The Bertz CT molecular complexity index is 575. The smallest absolute Gasteiger partial charge is 0.303 e. The third-order valence-corrected chi connectivity index (χ3v) is 3.14. The van der Waals surface area contributed by atoms with Gasteiger partial charge in [-0.1, -0.05) is 5.21 Å². The molecule has 5 heteroatoms. The number of hydrogen-bond donors (Lipinski definition) is 1. The van der Waals surface area contributed by atoms with Crippen molar-refractivity contribution in [2.45, 2.75) is 39.7 Å². The normalized spacial score (nSPS) is 11.0. The topological polar surface area (TPSA) is 68.0 Å². The van der Waals surface area contributed by atoms with Gasteiger partial charge in [0.1, 0.15) is 5.52 Å². The maximum absolute atomic E-state index is 10.4. The molecule has 1 N–H and O–H groups in total. The van der Waals surface area contributed by atoms with Crippen molar-refractivity contribution in [3.63, 3.8) is 0 Å². The average molecular weight is 247 g/mol. The summed E-state index contributed by atoms with van der Waals surface area (Å²) in [4.78, 5) is 10.4. The Morgan fingerprint density at radius 3 is 2.72 bits per heavy atom. The van der Waals surface area contributed by atoms with Crippen molar-refractivity contribution in [3.8, 4) is 0 Å². The highest BCUT2D eigenvalue weighted by Gasteiger charge is 2.06. The molecule has 0 bridgehead atoms. The first kappa shape index (κ1) is 12.5. The molecule has 2 aromatic rings.